The Kier molecular flexibility index (Phi) is 7.51. The van der Waals surface area contributed by atoms with Crippen LogP contribution in [0.4, 0.5) is 0 Å². The lowest BCUT2D eigenvalue weighted by atomic mass is 10.1. The number of rotatable bonds is 9. The number of nitrogens with zero attached hydrogens (tertiary/aromatic N) is 1. The van der Waals surface area contributed by atoms with Gasteiger partial charge in [-0.25, -0.2) is 13.2 Å². The lowest BCUT2D eigenvalue weighted by Gasteiger charge is -2.31. The Labute approximate surface area is 172 Å². The third-order valence-electron chi connectivity index (χ3n) is 4.71. The molecule has 0 radical (unpaired) electrons. The van der Waals surface area contributed by atoms with Crippen molar-refractivity contribution in [2.45, 2.75) is 49.1 Å². The van der Waals surface area contributed by atoms with Crippen LogP contribution < -0.4 is 5.32 Å². The van der Waals surface area contributed by atoms with Crippen molar-refractivity contribution in [3.05, 3.63) is 29.8 Å². The fraction of sp³-hybridized carbons (Fsp3) is 0.444. The smallest absolute Gasteiger partial charge is 0.326 e. The van der Waals surface area contributed by atoms with Crippen LogP contribution in [0.5, 0.6) is 0 Å². The molecule has 1 fully saturated rings. The van der Waals surface area contributed by atoms with Crippen LogP contribution in [0.1, 0.15) is 42.5 Å². The molecule has 2 atom stereocenters. The summed E-state index contributed by atoms with van der Waals surface area (Å²) in [6.45, 7) is 0.0748. The lowest BCUT2D eigenvalue weighted by Crippen LogP contribution is -2.47. The van der Waals surface area contributed by atoms with E-state index in [1.165, 1.54) is 12.1 Å². The van der Waals surface area contributed by atoms with E-state index in [9.17, 15) is 32.7 Å². The van der Waals surface area contributed by atoms with Crippen molar-refractivity contribution < 1.29 is 42.9 Å². The summed E-state index contributed by atoms with van der Waals surface area (Å²) in [6.07, 6.45) is 0.594. The van der Waals surface area contributed by atoms with E-state index in [0.29, 0.717) is 12.8 Å². The number of piperidine rings is 1. The van der Waals surface area contributed by atoms with Gasteiger partial charge in [0.15, 0.2) is 0 Å². The zero-order valence-electron chi connectivity index (χ0n) is 15.9. The second-order valence-electron chi connectivity index (χ2n) is 6.79. The zero-order chi connectivity index (χ0) is 22.5. The highest BCUT2D eigenvalue weighted by Crippen LogP contribution is 2.25. The molecule has 0 bridgehead atoms. The summed E-state index contributed by atoms with van der Waals surface area (Å²) in [4.78, 5) is 45.2. The molecule has 0 saturated carbocycles. The molecule has 4 N–H and O–H groups in total. The third kappa shape index (κ3) is 5.54. The number of sulfonamides is 1. The van der Waals surface area contributed by atoms with Crippen molar-refractivity contribution in [3.8, 4) is 0 Å². The zero-order valence-corrected chi connectivity index (χ0v) is 16.7. The molecule has 1 aromatic rings. The monoisotopic (exact) mass is 442 g/mol. The van der Waals surface area contributed by atoms with Gasteiger partial charge in [-0.3, -0.25) is 14.4 Å². The van der Waals surface area contributed by atoms with Gasteiger partial charge < -0.3 is 20.6 Å². The van der Waals surface area contributed by atoms with Gasteiger partial charge in [-0.05, 0) is 49.9 Å². The van der Waals surface area contributed by atoms with E-state index in [-0.39, 0.29) is 29.8 Å². The Morgan fingerprint density at radius 3 is 2.23 bits per heavy atom. The van der Waals surface area contributed by atoms with Gasteiger partial charge in [0.1, 0.15) is 12.1 Å². The Morgan fingerprint density at radius 1 is 1.07 bits per heavy atom. The molecular formula is C18H22N2O9S. The summed E-state index contributed by atoms with van der Waals surface area (Å²) in [5.41, 5.74) is -0.0241. The predicted octanol–water partition coefficient (Wildman–Crippen LogP) is 0.362. The molecule has 1 aliphatic rings. The number of hydrogen-bond acceptors (Lipinski definition) is 6. The molecule has 0 spiro atoms. The molecular weight excluding hydrogens is 420 g/mol. The molecule has 1 heterocycles. The number of nitrogens with one attached hydrogen (secondary N) is 1. The van der Waals surface area contributed by atoms with Crippen molar-refractivity contribution in [2.24, 2.45) is 0 Å². The van der Waals surface area contributed by atoms with Gasteiger partial charge >= 0.3 is 17.9 Å². The highest BCUT2D eigenvalue weighted by Gasteiger charge is 2.37. The van der Waals surface area contributed by atoms with Crippen molar-refractivity contribution in [1.82, 2.24) is 9.62 Å². The number of hydrogen-bond donors (Lipinski definition) is 4. The van der Waals surface area contributed by atoms with E-state index in [2.05, 4.69) is 5.32 Å². The topological polar surface area (TPSA) is 178 Å². The fourth-order valence-electron chi connectivity index (χ4n) is 3.12. The minimum absolute atomic E-state index is 0.0241. The molecule has 30 heavy (non-hydrogen) atoms. The van der Waals surface area contributed by atoms with Crippen molar-refractivity contribution in [2.75, 3.05) is 6.54 Å². The highest BCUT2D eigenvalue weighted by atomic mass is 32.2. The molecule has 11 nitrogen and oxygen atoms in total. The Hall–Kier alpha value is -2.99. The molecule has 0 aliphatic carbocycles. The van der Waals surface area contributed by atoms with Crippen molar-refractivity contribution in [1.29, 1.82) is 0 Å². The number of amides is 1. The van der Waals surface area contributed by atoms with Gasteiger partial charge in [-0.15, -0.1) is 0 Å². The number of carbonyl (C=O) groups excluding carboxylic acids is 1. The van der Waals surface area contributed by atoms with Crippen LogP contribution in [0.2, 0.25) is 0 Å². The number of carbonyl (C=O) groups is 4. The number of aliphatic carboxylic acids is 3. The molecule has 0 aromatic heterocycles. The first-order valence-electron chi connectivity index (χ1n) is 9.14. The first-order valence-corrected chi connectivity index (χ1v) is 10.6. The fourth-order valence-corrected chi connectivity index (χ4v) is 4.77. The second-order valence-corrected chi connectivity index (χ2v) is 8.68. The van der Waals surface area contributed by atoms with Crippen molar-refractivity contribution in [3.63, 3.8) is 0 Å². The molecule has 1 amide bonds. The third-order valence-corrected chi connectivity index (χ3v) is 6.63. The number of carboxylic acid groups (broad SMARTS) is 3. The summed E-state index contributed by atoms with van der Waals surface area (Å²) in [5, 5.41) is 29.3. The van der Waals surface area contributed by atoms with Crippen LogP contribution in [-0.2, 0) is 24.4 Å². The van der Waals surface area contributed by atoms with Crippen LogP contribution in [-0.4, -0.2) is 70.5 Å². The Bertz CT molecular complexity index is 927. The Balaban J connectivity index is 2.16. The van der Waals surface area contributed by atoms with E-state index in [0.717, 1.165) is 16.4 Å². The molecule has 12 heteroatoms. The molecule has 1 saturated heterocycles. The van der Waals surface area contributed by atoms with Crippen LogP contribution in [0.3, 0.4) is 0 Å². The van der Waals surface area contributed by atoms with Crippen LogP contribution in [0.15, 0.2) is 29.2 Å². The first-order chi connectivity index (χ1) is 14.0. The second kappa shape index (κ2) is 9.67. The normalized spacial score (nSPS) is 18.3. The van der Waals surface area contributed by atoms with E-state index < -0.39 is 52.3 Å². The summed E-state index contributed by atoms with van der Waals surface area (Å²) >= 11 is 0. The van der Waals surface area contributed by atoms with Gasteiger partial charge in [-0.2, -0.15) is 4.31 Å². The molecule has 1 aromatic carbocycles. The van der Waals surface area contributed by atoms with Gasteiger partial charge in [0.25, 0.3) is 5.91 Å². The summed E-state index contributed by atoms with van der Waals surface area (Å²) in [5.74, 6) is -4.63. The number of carboxylic acids is 3. The average molecular weight is 442 g/mol. The van der Waals surface area contributed by atoms with E-state index in [4.69, 9.17) is 10.2 Å². The summed E-state index contributed by atoms with van der Waals surface area (Å²) in [7, 11) is -4.09. The standard InChI is InChI=1S/C18H22N2O9S/c21-15(22)9-8-13(17(24)25)19-16(23)11-4-6-12(7-5-11)30(28,29)20-10-2-1-3-14(20)18(26)27/h4-7,13-14H,1-3,8-10H2,(H,19,23)(H,21,22)(H,24,25)(H,26,27)/t13?,14-/m0/s1. The minimum atomic E-state index is -4.09. The van der Waals surface area contributed by atoms with E-state index in [1.807, 2.05) is 0 Å². The lowest BCUT2D eigenvalue weighted by molar-refractivity contribution is -0.143. The Morgan fingerprint density at radius 2 is 1.70 bits per heavy atom. The predicted molar refractivity (Wildman–Crippen MR) is 101 cm³/mol. The molecule has 164 valence electrons. The molecule has 1 unspecified atom stereocenters. The van der Waals surface area contributed by atoms with Crippen LogP contribution in [0.25, 0.3) is 0 Å². The molecule has 1 aliphatic heterocycles. The largest absolute Gasteiger partial charge is 0.481 e. The van der Waals surface area contributed by atoms with E-state index in [1.54, 1.807) is 0 Å². The maximum absolute atomic E-state index is 12.8. The maximum Gasteiger partial charge on any atom is 0.326 e. The van der Waals surface area contributed by atoms with Crippen molar-refractivity contribution >= 4 is 33.8 Å². The van der Waals surface area contributed by atoms with Crippen LogP contribution >= 0.6 is 0 Å². The average Bonchev–Trinajstić information content (AvgIpc) is 2.70. The highest BCUT2D eigenvalue weighted by molar-refractivity contribution is 7.89. The van der Waals surface area contributed by atoms with Gasteiger partial charge in [-0.1, -0.05) is 0 Å². The number of benzene rings is 1. The summed E-state index contributed by atoms with van der Waals surface area (Å²) in [6, 6.07) is 2.07. The van der Waals surface area contributed by atoms with E-state index >= 15 is 0 Å². The van der Waals surface area contributed by atoms with Gasteiger partial charge in [0.2, 0.25) is 10.0 Å². The van der Waals surface area contributed by atoms with Gasteiger partial charge in [0.05, 0.1) is 4.90 Å². The van der Waals surface area contributed by atoms with Gasteiger partial charge in [0, 0.05) is 18.5 Å². The minimum Gasteiger partial charge on any atom is -0.481 e. The molecule has 2 rings (SSSR count). The first kappa shape index (κ1) is 23.3. The summed E-state index contributed by atoms with van der Waals surface area (Å²) < 4.78 is 26.6. The SMILES string of the molecule is O=C(O)CCC(NC(=O)c1ccc(S(=O)(=O)N2CCCC[C@H]2C(=O)O)cc1)C(=O)O. The van der Waals surface area contributed by atoms with Crippen LogP contribution in [0, 0.1) is 0 Å². The quantitative estimate of drug-likeness (QED) is 0.420. The maximum atomic E-state index is 12.8.